The Morgan fingerprint density at radius 3 is 2.50 bits per heavy atom. The van der Waals surface area contributed by atoms with Crippen LogP contribution in [0.5, 0.6) is 5.75 Å². The number of benzene rings is 1. The van der Waals surface area contributed by atoms with E-state index in [-0.39, 0.29) is 17.6 Å². The molecule has 6 nitrogen and oxygen atoms in total. The highest BCUT2D eigenvalue weighted by Crippen LogP contribution is 2.12. The molecule has 3 N–H and O–H groups in total. The summed E-state index contributed by atoms with van der Waals surface area (Å²) in [6.45, 7) is 7.06. The van der Waals surface area contributed by atoms with Crippen LogP contribution >= 0.6 is 12.2 Å². The lowest BCUT2D eigenvalue weighted by molar-refractivity contribution is -0.127. The molecule has 2 amide bonds. The van der Waals surface area contributed by atoms with Gasteiger partial charge in [-0.25, -0.2) is 0 Å². The quantitative estimate of drug-likeness (QED) is 0.579. The first-order valence-corrected chi connectivity index (χ1v) is 7.19. The molecule has 1 rings (SSSR count). The molecule has 0 heterocycles. The first-order valence-electron chi connectivity index (χ1n) is 6.78. The van der Waals surface area contributed by atoms with E-state index in [0.717, 1.165) is 5.56 Å². The molecule has 0 aliphatic heterocycles. The third kappa shape index (κ3) is 6.53. The van der Waals surface area contributed by atoms with Crippen molar-refractivity contribution in [2.24, 2.45) is 5.41 Å². The molecule has 0 aromatic heterocycles. The van der Waals surface area contributed by atoms with Crippen LogP contribution in [0.2, 0.25) is 0 Å². The minimum Gasteiger partial charge on any atom is -0.484 e. The van der Waals surface area contributed by atoms with Crippen LogP contribution in [0.25, 0.3) is 0 Å². The average molecular weight is 323 g/mol. The standard InChI is InChI=1S/C15H21N3O3S/c1-10-6-5-7-11(8-10)21-9-12(19)17-18-14(22)16-13(20)15(2,3)4/h5-8H,9H2,1-4H3,(H,17,19)(H2,16,18,20,22). The van der Waals surface area contributed by atoms with Crippen LogP contribution in [-0.4, -0.2) is 23.5 Å². The molecule has 0 fully saturated rings. The van der Waals surface area contributed by atoms with Crippen molar-refractivity contribution >= 4 is 29.1 Å². The summed E-state index contributed by atoms with van der Waals surface area (Å²) < 4.78 is 5.33. The van der Waals surface area contributed by atoms with E-state index in [1.165, 1.54) is 0 Å². The highest BCUT2D eigenvalue weighted by Gasteiger charge is 2.21. The lowest BCUT2D eigenvalue weighted by atomic mass is 9.96. The van der Waals surface area contributed by atoms with Gasteiger partial charge in [-0.1, -0.05) is 32.9 Å². The van der Waals surface area contributed by atoms with Crippen LogP contribution in [0.4, 0.5) is 0 Å². The van der Waals surface area contributed by atoms with Crippen molar-refractivity contribution < 1.29 is 14.3 Å². The molecule has 22 heavy (non-hydrogen) atoms. The number of amides is 2. The van der Waals surface area contributed by atoms with Gasteiger partial charge in [-0.2, -0.15) is 0 Å². The molecule has 1 aromatic rings. The fourth-order valence-electron chi connectivity index (χ4n) is 1.34. The van der Waals surface area contributed by atoms with Crippen LogP contribution < -0.4 is 20.9 Å². The second-order valence-electron chi connectivity index (χ2n) is 5.81. The van der Waals surface area contributed by atoms with E-state index >= 15 is 0 Å². The molecule has 0 aliphatic rings. The number of ether oxygens (including phenoxy) is 1. The number of hydrogen-bond donors (Lipinski definition) is 3. The molecule has 0 atom stereocenters. The molecule has 0 spiro atoms. The molecule has 0 radical (unpaired) electrons. The second kappa shape index (κ2) is 7.74. The van der Waals surface area contributed by atoms with Gasteiger partial charge in [0.05, 0.1) is 0 Å². The van der Waals surface area contributed by atoms with E-state index in [1.54, 1.807) is 26.8 Å². The molecule has 120 valence electrons. The summed E-state index contributed by atoms with van der Waals surface area (Å²) in [5.74, 6) is -0.0390. The molecule has 0 bridgehead atoms. The van der Waals surface area contributed by atoms with Crippen LogP contribution in [0, 0.1) is 12.3 Å². The van der Waals surface area contributed by atoms with Gasteiger partial charge in [0.25, 0.3) is 5.91 Å². The minimum atomic E-state index is -0.565. The van der Waals surface area contributed by atoms with Gasteiger partial charge < -0.3 is 10.1 Å². The van der Waals surface area contributed by atoms with E-state index in [4.69, 9.17) is 17.0 Å². The third-order valence-electron chi connectivity index (χ3n) is 2.58. The van der Waals surface area contributed by atoms with Crippen LogP contribution in [0.15, 0.2) is 24.3 Å². The number of hydrogen-bond acceptors (Lipinski definition) is 4. The normalized spacial score (nSPS) is 10.5. The summed E-state index contributed by atoms with van der Waals surface area (Å²) in [5, 5.41) is 2.51. The van der Waals surface area contributed by atoms with Crippen LogP contribution in [0.1, 0.15) is 26.3 Å². The van der Waals surface area contributed by atoms with Crippen molar-refractivity contribution in [3.05, 3.63) is 29.8 Å². The molecular weight excluding hydrogens is 302 g/mol. The zero-order valence-corrected chi connectivity index (χ0v) is 14.0. The molecule has 0 saturated carbocycles. The Balaban J connectivity index is 2.31. The number of rotatable bonds is 3. The van der Waals surface area contributed by atoms with Crippen molar-refractivity contribution in [1.29, 1.82) is 0 Å². The van der Waals surface area contributed by atoms with E-state index in [9.17, 15) is 9.59 Å². The molecule has 0 aliphatic carbocycles. The number of hydrazine groups is 1. The molecule has 1 aromatic carbocycles. The van der Waals surface area contributed by atoms with E-state index < -0.39 is 11.3 Å². The van der Waals surface area contributed by atoms with Gasteiger partial charge in [0.2, 0.25) is 5.91 Å². The monoisotopic (exact) mass is 323 g/mol. The molecule has 0 saturated heterocycles. The molecule has 7 heteroatoms. The minimum absolute atomic E-state index is 0.0313. The number of carbonyl (C=O) groups excluding carboxylic acids is 2. The van der Waals surface area contributed by atoms with Crippen LogP contribution in [0.3, 0.4) is 0 Å². The lowest BCUT2D eigenvalue weighted by Crippen LogP contribution is -2.51. The summed E-state index contributed by atoms with van der Waals surface area (Å²) >= 11 is 4.91. The predicted octanol–water partition coefficient (Wildman–Crippen LogP) is 1.44. The SMILES string of the molecule is Cc1cccc(OCC(=O)NNC(=S)NC(=O)C(C)(C)C)c1. The van der Waals surface area contributed by atoms with Gasteiger partial charge in [0.15, 0.2) is 11.7 Å². The predicted molar refractivity (Wildman–Crippen MR) is 88.1 cm³/mol. The maximum atomic E-state index is 11.7. The van der Waals surface area contributed by atoms with Gasteiger partial charge >= 0.3 is 0 Å². The fraction of sp³-hybridized carbons (Fsp3) is 0.400. The number of carbonyl (C=O) groups is 2. The Morgan fingerprint density at radius 1 is 1.23 bits per heavy atom. The fourth-order valence-corrected chi connectivity index (χ4v) is 1.48. The maximum Gasteiger partial charge on any atom is 0.276 e. The Bertz CT molecular complexity index is 567. The summed E-state index contributed by atoms with van der Waals surface area (Å²) in [4.78, 5) is 23.3. The van der Waals surface area contributed by atoms with Crippen molar-refractivity contribution in [1.82, 2.24) is 16.2 Å². The maximum absolute atomic E-state index is 11.7. The van der Waals surface area contributed by atoms with E-state index in [0.29, 0.717) is 5.75 Å². The second-order valence-corrected chi connectivity index (χ2v) is 6.22. The first-order chi connectivity index (χ1) is 10.2. The van der Waals surface area contributed by atoms with Crippen molar-refractivity contribution in [2.75, 3.05) is 6.61 Å². The van der Waals surface area contributed by atoms with Gasteiger partial charge in [-0.15, -0.1) is 0 Å². The zero-order chi connectivity index (χ0) is 16.8. The van der Waals surface area contributed by atoms with Gasteiger partial charge in [-0.05, 0) is 36.8 Å². The number of thiocarbonyl (C=S) groups is 1. The highest BCUT2D eigenvalue weighted by molar-refractivity contribution is 7.80. The van der Waals surface area contributed by atoms with Crippen molar-refractivity contribution in [2.45, 2.75) is 27.7 Å². The Morgan fingerprint density at radius 2 is 1.91 bits per heavy atom. The summed E-state index contributed by atoms with van der Waals surface area (Å²) in [5.41, 5.74) is 5.29. The first kappa shape index (κ1) is 17.9. The van der Waals surface area contributed by atoms with E-state index in [1.807, 2.05) is 25.1 Å². The largest absolute Gasteiger partial charge is 0.484 e. The molecular formula is C15H21N3O3S. The van der Waals surface area contributed by atoms with Gasteiger partial charge in [0, 0.05) is 5.41 Å². The highest BCUT2D eigenvalue weighted by atomic mass is 32.1. The van der Waals surface area contributed by atoms with Gasteiger partial charge in [0.1, 0.15) is 5.75 Å². The van der Waals surface area contributed by atoms with Crippen molar-refractivity contribution in [3.8, 4) is 5.75 Å². The van der Waals surface area contributed by atoms with Crippen molar-refractivity contribution in [3.63, 3.8) is 0 Å². The lowest BCUT2D eigenvalue weighted by Gasteiger charge is -2.18. The Kier molecular flexibility index (Phi) is 6.30. The average Bonchev–Trinajstić information content (AvgIpc) is 2.42. The van der Waals surface area contributed by atoms with Crippen LogP contribution in [-0.2, 0) is 9.59 Å². The number of nitrogens with one attached hydrogen (secondary N) is 3. The molecule has 0 unspecified atom stereocenters. The van der Waals surface area contributed by atoms with Gasteiger partial charge in [-0.3, -0.25) is 20.4 Å². The summed E-state index contributed by atoms with van der Waals surface area (Å²) in [6, 6.07) is 7.37. The Hall–Kier alpha value is -2.15. The summed E-state index contributed by atoms with van der Waals surface area (Å²) in [6.07, 6.45) is 0. The Labute approximate surface area is 135 Å². The summed E-state index contributed by atoms with van der Waals surface area (Å²) in [7, 11) is 0. The zero-order valence-electron chi connectivity index (χ0n) is 13.1. The topological polar surface area (TPSA) is 79.5 Å². The third-order valence-corrected chi connectivity index (χ3v) is 2.79. The number of aryl methyl sites for hydroxylation is 1. The smallest absolute Gasteiger partial charge is 0.276 e. The van der Waals surface area contributed by atoms with E-state index in [2.05, 4.69) is 16.2 Å².